The van der Waals surface area contributed by atoms with Crippen molar-refractivity contribution in [3.8, 4) is 11.5 Å². The Bertz CT molecular complexity index is 658. The molecule has 9 nitrogen and oxygen atoms in total. The van der Waals surface area contributed by atoms with Gasteiger partial charge >= 0.3 is 0 Å². The minimum atomic E-state index is 0.0462. The molecular weight excluding hydrogens is 456 g/mol. The number of hydrogen-bond acceptors (Lipinski definition) is 9. The van der Waals surface area contributed by atoms with Crippen LogP contribution < -0.4 is 9.47 Å². The molecule has 0 aliphatic heterocycles. The van der Waals surface area contributed by atoms with E-state index < -0.39 is 0 Å². The van der Waals surface area contributed by atoms with E-state index in [0.29, 0.717) is 79.3 Å². The molecule has 0 aromatic heterocycles. The molecule has 0 amide bonds. The molecule has 2 rings (SSSR count). The van der Waals surface area contributed by atoms with Crippen molar-refractivity contribution in [2.45, 2.75) is 0 Å². The second kappa shape index (κ2) is 24.9. The van der Waals surface area contributed by atoms with E-state index in [9.17, 15) is 0 Å². The van der Waals surface area contributed by atoms with E-state index in [-0.39, 0.29) is 13.2 Å². The third-order valence-electron chi connectivity index (χ3n) is 4.07. The third kappa shape index (κ3) is 20.8. The van der Waals surface area contributed by atoms with Crippen LogP contribution in [0, 0.1) is 0 Å². The second-order valence-corrected chi connectivity index (χ2v) is 6.83. The van der Waals surface area contributed by atoms with Gasteiger partial charge in [0.15, 0.2) is 0 Å². The third-order valence-corrected chi connectivity index (χ3v) is 4.07. The molecule has 2 aromatic rings. The van der Waals surface area contributed by atoms with Crippen molar-refractivity contribution >= 4 is 0 Å². The molecule has 0 spiro atoms. The fourth-order valence-corrected chi connectivity index (χ4v) is 2.46. The highest BCUT2D eigenvalue weighted by Gasteiger charge is 1.94. The topological polar surface area (TPSA) is 105 Å². The van der Waals surface area contributed by atoms with Gasteiger partial charge in [0.25, 0.3) is 0 Å². The normalized spacial score (nSPS) is 10.5. The molecule has 0 fully saturated rings. The summed E-state index contributed by atoms with van der Waals surface area (Å²) in [5.41, 5.74) is 0. The van der Waals surface area contributed by atoms with Crippen molar-refractivity contribution in [2.24, 2.45) is 0 Å². The van der Waals surface area contributed by atoms with E-state index in [1.165, 1.54) is 0 Å². The van der Waals surface area contributed by atoms with Crippen molar-refractivity contribution in [3.63, 3.8) is 0 Å². The van der Waals surface area contributed by atoms with Crippen LogP contribution in [-0.2, 0) is 23.7 Å². The summed E-state index contributed by atoms with van der Waals surface area (Å²) >= 11 is 0. The maximum absolute atomic E-state index is 8.47. The molecule has 9 heteroatoms. The van der Waals surface area contributed by atoms with Crippen LogP contribution >= 0.6 is 0 Å². The average Bonchev–Trinajstić information content (AvgIpc) is 2.90. The van der Waals surface area contributed by atoms with Gasteiger partial charge in [-0.2, -0.15) is 0 Å². The Kier molecular flexibility index (Phi) is 21.9. The highest BCUT2D eigenvalue weighted by Crippen LogP contribution is 2.08. The number of benzene rings is 2. The smallest absolute Gasteiger partial charge is 0.119 e. The van der Waals surface area contributed by atoms with Gasteiger partial charge in [0.05, 0.1) is 79.3 Å². The molecular formula is C26H40O9. The van der Waals surface area contributed by atoms with Crippen LogP contribution in [0.1, 0.15) is 0 Å². The van der Waals surface area contributed by atoms with Crippen LogP contribution in [0.4, 0.5) is 0 Å². The van der Waals surface area contributed by atoms with Crippen LogP contribution in [0.3, 0.4) is 0 Å². The van der Waals surface area contributed by atoms with Crippen molar-refractivity contribution < 1.29 is 43.4 Å². The number of ether oxygens (including phenoxy) is 7. The molecule has 2 aromatic carbocycles. The first-order valence-corrected chi connectivity index (χ1v) is 11.8. The SMILES string of the molecule is OCCOCCOCCOCCOc1ccccc1.OCCOCCOCCOc1ccccc1. The molecule has 2 N–H and O–H groups in total. The van der Waals surface area contributed by atoms with Gasteiger partial charge in [-0.15, -0.1) is 0 Å². The Morgan fingerprint density at radius 1 is 0.371 bits per heavy atom. The van der Waals surface area contributed by atoms with Crippen molar-refractivity contribution in [2.75, 3.05) is 92.5 Å². The summed E-state index contributed by atoms with van der Waals surface area (Å²) in [6.07, 6.45) is 0. The molecule has 0 atom stereocenters. The summed E-state index contributed by atoms with van der Waals surface area (Å²) in [5.74, 6) is 1.70. The van der Waals surface area contributed by atoms with E-state index in [1.807, 2.05) is 60.7 Å². The summed E-state index contributed by atoms with van der Waals surface area (Å²) < 4.78 is 36.9. The van der Waals surface area contributed by atoms with Crippen molar-refractivity contribution in [1.29, 1.82) is 0 Å². The predicted molar refractivity (Wildman–Crippen MR) is 132 cm³/mol. The van der Waals surface area contributed by atoms with E-state index >= 15 is 0 Å². The molecule has 0 saturated carbocycles. The van der Waals surface area contributed by atoms with Gasteiger partial charge < -0.3 is 43.4 Å². The Hall–Kier alpha value is -2.24. The minimum Gasteiger partial charge on any atom is -0.491 e. The molecule has 0 heterocycles. The van der Waals surface area contributed by atoms with Gasteiger partial charge in [-0.05, 0) is 24.3 Å². The lowest BCUT2D eigenvalue weighted by molar-refractivity contribution is 0.00361. The van der Waals surface area contributed by atoms with Crippen molar-refractivity contribution in [1.82, 2.24) is 0 Å². The number of para-hydroxylation sites is 2. The minimum absolute atomic E-state index is 0.0462. The predicted octanol–water partition coefficient (Wildman–Crippen LogP) is 2.20. The van der Waals surface area contributed by atoms with Gasteiger partial charge in [0, 0.05) is 0 Å². The number of aliphatic hydroxyl groups is 2. The lowest BCUT2D eigenvalue weighted by atomic mass is 10.3. The summed E-state index contributed by atoms with van der Waals surface area (Å²) in [7, 11) is 0. The zero-order valence-electron chi connectivity index (χ0n) is 20.4. The quantitative estimate of drug-likeness (QED) is 0.252. The fraction of sp³-hybridized carbons (Fsp3) is 0.538. The zero-order valence-corrected chi connectivity index (χ0v) is 20.4. The van der Waals surface area contributed by atoms with Gasteiger partial charge in [-0.1, -0.05) is 36.4 Å². The Morgan fingerprint density at radius 2 is 0.657 bits per heavy atom. The first-order chi connectivity index (χ1) is 17.4. The van der Waals surface area contributed by atoms with Gasteiger partial charge in [-0.3, -0.25) is 0 Å². The Labute approximate surface area is 208 Å². The van der Waals surface area contributed by atoms with Crippen LogP contribution in [-0.4, -0.2) is 103 Å². The van der Waals surface area contributed by atoms with Crippen LogP contribution in [0.2, 0.25) is 0 Å². The summed E-state index contributed by atoms with van der Waals surface area (Å²) in [4.78, 5) is 0. The molecule has 198 valence electrons. The number of rotatable bonds is 21. The van der Waals surface area contributed by atoms with Gasteiger partial charge in [0.2, 0.25) is 0 Å². The highest BCUT2D eigenvalue weighted by molar-refractivity contribution is 5.21. The summed E-state index contributed by atoms with van der Waals surface area (Å²) in [6.45, 7) is 6.09. The summed E-state index contributed by atoms with van der Waals surface area (Å²) in [5, 5.41) is 16.9. The van der Waals surface area contributed by atoms with Crippen LogP contribution in [0.15, 0.2) is 60.7 Å². The zero-order chi connectivity index (χ0) is 25.1. The molecule has 0 aliphatic carbocycles. The number of aliphatic hydroxyl groups excluding tert-OH is 2. The monoisotopic (exact) mass is 496 g/mol. The van der Waals surface area contributed by atoms with Crippen molar-refractivity contribution in [3.05, 3.63) is 60.7 Å². The molecule has 0 saturated heterocycles. The Morgan fingerprint density at radius 3 is 0.971 bits per heavy atom. The lowest BCUT2D eigenvalue weighted by Crippen LogP contribution is -2.13. The van der Waals surface area contributed by atoms with Crippen LogP contribution in [0.25, 0.3) is 0 Å². The van der Waals surface area contributed by atoms with E-state index in [2.05, 4.69) is 0 Å². The molecule has 35 heavy (non-hydrogen) atoms. The fourth-order valence-electron chi connectivity index (χ4n) is 2.46. The second-order valence-electron chi connectivity index (χ2n) is 6.83. The largest absolute Gasteiger partial charge is 0.491 e. The Balaban J connectivity index is 0.000000355. The average molecular weight is 497 g/mol. The first-order valence-electron chi connectivity index (χ1n) is 11.8. The highest BCUT2D eigenvalue weighted by atomic mass is 16.6. The maximum Gasteiger partial charge on any atom is 0.119 e. The summed E-state index contributed by atoms with van der Waals surface area (Å²) in [6, 6.07) is 19.3. The molecule has 0 unspecified atom stereocenters. The maximum atomic E-state index is 8.47. The van der Waals surface area contributed by atoms with E-state index in [0.717, 1.165) is 11.5 Å². The molecule has 0 bridgehead atoms. The van der Waals surface area contributed by atoms with Gasteiger partial charge in [0.1, 0.15) is 24.7 Å². The molecule has 0 radical (unpaired) electrons. The first kappa shape index (κ1) is 30.8. The van der Waals surface area contributed by atoms with E-state index in [1.54, 1.807) is 0 Å². The van der Waals surface area contributed by atoms with Gasteiger partial charge in [-0.25, -0.2) is 0 Å². The lowest BCUT2D eigenvalue weighted by Gasteiger charge is -2.07. The van der Waals surface area contributed by atoms with E-state index in [4.69, 9.17) is 43.4 Å². The molecule has 0 aliphatic rings. The number of hydrogen-bond donors (Lipinski definition) is 2. The van der Waals surface area contributed by atoms with Crippen LogP contribution in [0.5, 0.6) is 11.5 Å². The standard InChI is InChI=1S/C14H22O5.C12H18O4/c15-6-7-16-8-9-17-10-11-18-12-13-19-14-4-2-1-3-5-14;13-6-7-14-8-9-15-10-11-16-12-4-2-1-3-5-12/h1-5,15H,6-13H2;1-5,13H,6-11H2.